The van der Waals surface area contributed by atoms with Crippen molar-refractivity contribution in [1.82, 2.24) is 38.5 Å². The van der Waals surface area contributed by atoms with Gasteiger partial charge >= 0.3 is 5.69 Å². The first-order valence-electron chi connectivity index (χ1n) is 22.0. The van der Waals surface area contributed by atoms with Gasteiger partial charge in [0.15, 0.2) is 11.3 Å². The second kappa shape index (κ2) is 17.0. The van der Waals surface area contributed by atoms with E-state index in [9.17, 15) is 28.0 Å². The smallest absolute Gasteiger partial charge is 0.329 e. The number of ether oxygens (including phenoxy) is 2. The Balaban J connectivity index is 0.700. The Morgan fingerprint density at radius 3 is 2.59 bits per heavy atom. The maximum absolute atomic E-state index is 14.3. The normalized spacial score (nSPS) is 24.4. The van der Waals surface area contributed by atoms with Crippen LogP contribution in [-0.4, -0.2) is 109 Å². The molecule has 4 saturated heterocycles. The van der Waals surface area contributed by atoms with Crippen LogP contribution >= 0.6 is 0 Å². The molecule has 0 radical (unpaired) electrons. The second-order valence-electron chi connectivity index (χ2n) is 17.5. The molecule has 330 valence electrons. The Hall–Kier alpha value is -5.90. The standard InChI is InChI=1S/C45H50F2N10O6/c1-52-40-28(4-2-6-35(40)57(45(52)61)36-11-12-38(58)50-44(36)60)5-3-21-62-31-13-17-53(18-14-31)23-27-7-9-29(10-8-27)56-25-34(39(51-56)41(46)47)48-43(59)33-15-19-54-20-16-37(49-42(33)54)55-24-32-22-30(55)26-63-32/h2,4,6,15-16,19-20,25,27,29-32,36,41H,7-14,17-18,21-24,26H2,1H3,(H,48,59)(H,50,58,60)/t27?,29?,30-,32-,36?/m1/s1. The predicted molar refractivity (Wildman–Crippen MR) is 228 cm³/mol. The number of carbonyl (C=O) groups is 3. The number of fused-ring (bicyclic) bond motifs is 4. The van der Waals surface area contributed by atoms with Crippen LogP contribution in [0.3, 0.4) is 0 Å². The summed E-state index contributed by atoms with van der Waals surface area (Å²) in [5, 5.41) is 9.37. The van der Waals surface area contributed by atoms with Crippen molar-refractivity contribution in [1.29, 1.82) is 0 Å². The Kier molecular flexibility index (Phi) is 11.1. The molecule has 4 aliphatic heterocycles. The van der Waals surface area contributed by atoms with E-state index >= 15 is 0 Å². The summed E-state index contributed by atoms with van der Waals surface area (Å²) in [6.45, 7) is 4.45. The largest absolute Gasteiger partial charge is 0.374 e. The van der Waals surface area contributed by atoms with Gasteiger partial charge in [0.1, 0.15) is 18.5 Å². The molecule has 1 saturated carbocycles. The zero-order chi connectivity index (χ0) is 43.4. The van der Waals surface area contributed by atoms with Crippen LogP contribution < -0.4 is 21.2 Å². The van der Waals surface area contributed by atoms with Crippen LogP contribution in [0.4, 0.5) is 20.3 Å². The molecule has 2 N–H and O–H groups in total. The molecule has 5 aliphatic rings. The molecule has 5 aromatic rings. The van der Waals surface area contributed by atoms with Gasteiger partial charge in [0.2, 0.25) is 11.8 Å². The number of amides is 3. The number of imide groups is 1. The topological polar surface area (TPSA) is 162 Å². The molecule has 4 aromatic heterocycles. The molecular formula is C45H50F2N10O6. The van der Waals surface area contributed by atoms with E-state index in [1.165, 1.54) is 9.13 Å². The number of piperidine rings is 2. The lowest BCUT2D eigenvalue weighted by Crippen LogP contribution is -2.44. The van der Waals surface area contributed by atoms with E-state index < -0.39 is 30.0 Å². The number of benzene rings is 1. The van der Waals surface area contributed by atoms with Gasteiger partial charge in [-0.1, -0.05) is 17.9 Å². The zero-order valence-electron chi connectivity index (χ0n) is 35.0. The van der Waals surface area contributed by atoms with E-state index in [1.54, 1.807) is 40.7 Å². The van der Waals surface area contributed by atoms with E-state index in [2.05, 4.69) is 37.4 Å². The Morgan fingerprint density at radius 1 is 1.03 bits per heavy atom. The molecule has 5 fully saturated rings. The van der Waals surface area contributed by atoms with Gasteiger partial charge in [-0.25, -0.2) is 18.6 Å². The summed E-state index contributed by atoms with van der Waals surface area (Å²) in [7, 11) is 1.66. The van der Waals surface area contributed by atoms with Crippen LogP contribution in [-0.2, 0) is 26.1 Å². The molecule has 1 unspecified atom stereocenters. The molecule has 18 heteroatoms. The maximum atomic E-state index is 14.3. The van der Waals surface area contributed by atoms with Crippen molar-refractivity contribution in [3.05, 3.63) is 76.2 Å². The summed E-state index contributed by atoms with van der Waals surface area (Å²) in [6, 6.07) is 8.49. The first-order valence-corrected chi connectivity index (χ1v) is 22.0. The number of aromatic nitrogens is 6. The number of imidazole rings is 1. The number of hydrogen-bond donors (Lipinski definition) is 2. The highest BCUT2D eigenvalue weighted by atomic mass is 19.3. The van der Waals surface area contributed by atoms with Crippen molar-refractivity contribution in [2.45, 2.75) is 94.5 Å². The number of nitrogens with zero attached hydrogens (tertiary/aromatic N) is 8. The van der Waals surface area contributed by atoms with Crippen LogP contribution in [0, 0.1) is 17.8 Å². The molecule has 3 atom stereocenters. The molecular weight excluding hydrogens is 815 g/mol. The fourth-order valence-electron chi connectivity index (χ4n) is 10.3. The lowest BCUT2D eigenvalue weighted by atomic mass is 9.85. The van der Waals surface area contributed by atoms with Crippen molar-refractivity contribution in [2.24, 2.45) is 13.0 Å². The fourth-order valence-corrected chi connectivity index (χ4v) is 10.3. The first-order chi connectivity index (χ1) is 30.6. The number of nitrogens with one attached hydrogen (secondary N) is 2. The molecule has 63 heavy (non-hydrogen) atoms. The summed E-state index contributed by atoms with van der Waals surface area (Å²) in [5.41, 5.74) is 1.90. The highest BCUT2D eigenvalue weighted by molar-refractivity contribution is 6.08. The van der Waals surface area contributed by atoms with Crippen LogP contribution in [0.5, 0.6) is 0 Å². The van der Waals surface area contributed by atoms with Crippen LogP contribution in [0.25, 0.3) is 16.7 Å². The minimum atomic E-state index is -2.85. The molecule has 10 rings (SSSR count). The van der Waals surface area contributed by atoms with E-state index in [4.69, 9.17) is 14.5 Å². The van der Waals surface area contributed by atoms with E-state index in [1.807, 2.05) is 24.4 Å². The summed E-state index contributed by atoms with van der Waals surface area (Å²) in [6.07, 6.45) is 9.29. The number of rotatable bonds is 10. The van der Waals surface area contributed by atoms with Gasteiger partial charge in [0.25, 0.3) is 12.3 Å². The number of morpholine rings is 1. The minimum Gasteiger partial charge on any atom is -0.374 e. The third-order valence-corrected chi connectivity index (χ3v) is 13.6. The molecule has 1 aliphatic carbocycles. The van der Waals surface area contributed by atoms with Crippen molar-refractivity contribution >= 4 is 45.9 Å². The van der Waals surface area contributed by atoms with Gasteiger partial charge in [-0.2, -0.15) is 5.10 Å². The molecule has 0 spiro atoms. The summed E-state index contributed by atoms with van der Waals surface area (Å²) in [4.78, 5) is 60.6. The van der Waals surface area contributed by atoms with E-state index in [0.717, 1.165) is 76.9 Å². The van der Waals surface area contributed by atoms with Crippen molar-refractivity contribution in [2.75, 3.05) is 49.6 Å². The molecule has 3 amide bonds. The average Bonchev–Trinajstić information content (AvgIpc) is 4.13. The van der Waals surface area contributed by atoms with Gasteiger partial charge in [0, 0.05) is 58.2 Å². The van der Waals surface area contributed by atoms with Crippen LogP contribution in [0.2, 0.25) is 0 Å². The van der Waals surface area contributed by atoms with Crippen LogP contribution in [0.1, 0.15) is 97.9 Å². The maximum Gasteiger partial charge on any atom is 0.329 e. The number of halogens is 2. The number of likely N-dealkylation sites (tertiary alicyclic amines) is 1. The number of alkyl halides is 2. The molecule has 2 bridgehead atoms. The molecule has 1 aromatic carbocycles. The fraction of sp³-hybridized carbons (Fsp3) is 0.511. The Labute approximate surface area is 361 Å². The van der Waals surface area contributed by atoms with E-state index in [-0.39, 0.29) is 61.0 Å². The Bertz CT molecular complexity index is 2700. The van der Waals surface area contributed by atoms with Crippen molar-refractivity contribution in [3.8, 4) is 11.8 Å². The molecule has 8 heterocycles. The number of hydrogen-bond acceptors (Lipinski definition) is 10. The SMILES string of the molecule is Cn1c(=O)n(C2CCC(=O)NC2=O)c2cccc(C#CCOC3CCN(CC4CCC(n5cc(NC(=O)c6ccn7ccc(N8C[C@H]9C[C@@H]8CO9)nc67)c(C(F)F)n5)CC4)CC3)c21. The lowest BCUT2D eigenvalue weighted by Gasteiger charge is -2.36. The van der Waals surface area contributed by atoms with Gasteiger partial charge in [-0.05, 0) is 81.5 Å². The van der Waals surface area contributed by atoms with Crippen LogP contribution in [0.15, 0.2) is 53.7 Å². The highest BCUT2D eigenvalue weighted by Gasteiger charge is 2.40. The Morgan fingerprint density at radius 2 is 1.84 bits per heavy atom. The summed E-state index contributed by atoms with van der Waals surface area (Å²) in [5.74, 6) is 6.23. The van der Waals surface area contributed by atoms with Gasteiger partial charge in [0.05, 0.1) is 58.7 Å². The van der Waals surface area contributed by atoms with Gasteiger partial charge < -0.3 is 29.0 Å². The number of aryl methyl sites for hydroxylation is 1. The monoisotopic (exact) mass is 864 g/mol. The average molecular weight is 865 g/mol. The minimum absolute atomic E-state index is 0.0174. The van der Waals surface area contributed by atoms with Crippen molar-refractivity contribution in [3.63, 3.8) is 0 Å². The highest BCUT2D eigenvalue weighted by Crippen LogP contribution is 2.36. The second-order valence-corrected chi connectivity index (χ2v) is 17.5. The third-order valence-electron chi connectivity index (χ3n) is 13.6. The quantitative estimate of drug-likeness (QED) is 0.150. The van der Waals surface area contributed by atoms with E-state index in [0.29, 0.717) is 40.3 Å². The number of carbonyl (C=O) groups excluding carboxylic acids is 3. The first kappa shape index (κ1) is 41.1. The molecule has 16 nitrogen and oxygen atoms in total. The summed E-state index contributed by atoms with van der Waals surface area (Å²) < 4.78 is 46.8. The zero-order valence-corrected chi connectivity index (χ0v) is 35.0. The van der Waals surface area contributed by atoms with Crippen molar-refractivity contribution < 1.29 is 32.6 Å². The van der Waals surface area contributed by atoms with Gasteiger partial charge in [-0.15, -0.1) is 0 Å². The lowest BCUT2D eigenvalue weighted by molar-refractivity contribution is -0.135. The third kappa shape index (κ3) is 8.02. The predicted octanol–water partition coefficient (Wildman–Crippen LogP) is 4.59. The number of para-hydroxylation sites is 1. The number of anilines is 2. The summed E-state index contributed by atoms with van der Waals surface area (Å²) >= 11 is 0. The van der Waals surface area contributed by atoms with Gasteiger partial charge in [-0.3, -0.25) is 33.5 Å².